The van der Waals surface area contributed by atoms with Gasteiger partial charge in [0.1, 0.15) is 0 Å². The van der Waals surface area contributed by atoms with Crippen LogP contribution < -0.4 is 10.0 Å². The number of rotatable bonds is 4. The maximum absolute atomic E-state index is 12.4. The molecule has 1 aromatic carbocycles. The number of carbonyl (C=O) groups is 1. The summed E-state index contributed by atoms with van der Waals surface area (Å²) in [4.78, 5) is 14.6. The fourth-order valence-electron chi connectivity index (χ4n) is 4.90. The Morgan fingerprint density at radius 1 is 1.11 bits per heavy atom. The molecule has 1 fully saturated rings. The fraction of sp³-hybridized carbons (Fsp3) is 0.571. The number of anilines is 1. The average Bonchev–Trinajstić information content (AvgIpc) is 3.33. The quantitative estimate of drug-likeness (QED) is 0.810. The van der Waals surface area contributed by atoms with E-state index < -0.39 is 16.1 Å². The molecule has 0 radical (unpaired) electrons. The van der Waals surface area contributed by atoms with Crippen molar-refractivity contribution in [2.45, 2.75) is 63.8 Å². The first kappa shape index (κ1) is 19.5. The van der Waals surface area contributed by atoms with Crippen LogP contribution in [0.4, 0.5) is 10.5 Å². The number of nitrogens with one attached hydrogen (secondary N) is 2. The predicted molar refractivity (Wildman–Crippen MR) is 111 cm³/mol. The van der Waals surface area contributed by atoms with Gasteiger partial charge in [-0.2, -0.15) is 0 Å². The summed E-state index contributed by atoms with van der Waals surface area (Å²) in [6.45, 7) is 2.96. The number of carbonyl (C=O) groups excluding carboxylic acids is 1. The number of likely N-dealkylation sites (tertiary alicyclic amines) is 1. The summed E-state index contributed by atoms with van der Waals surface area (Å²) in [6.07, 6.45) is 10.0. The lowest BCUT2D eigenvalue weighted by Crippen LogP contribution is -2.37. The normalized spacial score (nSPS) is 24.5. The van der Waals surface area contributed by atoms with Gasteiger partial charge in [0, 0.05) is 16.6 Å². The number of amides is 2. The third kappa shape index (κ3) is 3.70. The van der Waals surface area contributed by atoms with Gasteiger partial charge in [0.15, 0.2) is 0 Å². The van der Waals surface area contributed by atoms with Crippen molar-refractivity contribution >= 4 is 21.7 Å². The van der Waals surface area contributed by atoms with Gasteiger partial charge in [-0.25, -0.2) is 17.9 Å². The van der Waals surface area contributed by atoms with E-state index in [-0.39, 0.29) is 5.54 Å². The lowest BCUT2D eigenvalue weighted by Gasteiger charge is -2.28. The predicted octanol–water partition coefficient (Wildman–Crippen LogP) is 3.11. The Kier molecular flexibility index (Phi) is 5.00. The zero-order valence-corrected chi connectivity index (χ0v) is 17.5. The first-order valence-corrected chi connectivity index (χ1v) is 11.7. The second-order valence-corrected chi connectivity index (χ2v) is 10.1. The van der Waals surface area contributed by atoms with Crippen LogP contribution in [-0.4, -0.2) is 38.5 Å². The average molecular weight is 404 g/mol. The molecule has 1 aliphatic heterocycles. The largest absolute Gasteiger partial charge is 0.333 e. The maximum atomic E-state index is 12.4. The molecule has 2 N–H and O–H groups in total. The van der Waals surface area contributed by atoms with E-state index in [1.54, 1.807) is 6.08 Å². The number of fused-ring (bicyclic) bond motifs is 3. The SMILES string of the molecule is CN1CCCC1(C)/C=C/S(=O)(=O)NC(=O)Nc1cc2c(c3c1CCC3)CCC2. The highest BCUT2D eigenvalue weighted by Gasteiger charge is 2.32. The van der Waals surface area contributed by atoms with Gasteiger partial charge < -0.3 is 5.32 Å². The maximum Gasteiger partial charge on any atom is 0.333 e. The zero-order chi connectivity index (χ0) is 19.9. The van der Waals surface area contributed by atoms with E-state index in [0.29, 0.717) is 0 Å². The first-order valence-electron chi connectivity index (χ1n) is 10.2. The fourth-order valence-corrected chi connectivity index (χ4v) is 5.75. The van der Waals surface area contributed by atoms with E-state index >= 15 is 0 Å². The molecule has 1 unspecified atom stereocenters. The molecule has 0 bridgehead atoms. The molecule has 2 aliphatic carbocycles. The van der Waals surface area contributed by atoms with E-state index in [1.807, 2.05) is 20.0 Å². The number of sulfonamides is 1. The molecule has 7 heteroatoms. The van der Waals surface area contributed by atoms with E-state index in [9.17, 15) is 13.2 Å². The summed E-state index contributed by atoms with van der Waals surface area (Å²) in [5, 5.41) is 3.93. The molecule has 0 saturated carbocycles. The Morgan fingerprint density at radius 2 is 1.82 bits per heavy atom. The van der Waals surface area contributed by atoms with Gasteiger partial charge in [-0.1, -0.05) is 6.08 Å². The smallest absolute Gasteiger partial charge is 0.307 e. The number of benzene rings is 1. The molecule has 3 aliphatic rings. The number of urea groups is 1. The highest BCUT2D eigenvalue weighted by molar-refractivity contribution is 7.92. The summed E-state index contributed by atoms with van der Waals surface area (Å²) in [5.41, 5.74) is 5.81. The van der Waals surface area contributed by atoms with Gasteiger partial charge >= 0.3 is 6.03 Å². The van der Waals surface area contributed by atoms with E-state index in [1.165, 1.54) is 22.3 Å². The minimum Gasteiger partial charge on any atom is -0.307 e. The number of nitrogens with zero attached hydrogens (tertiary/aromatic N) is 1. The second-order valence-electron chi connectivity index (χ2n) is 8.51. The van der Waals surface area contributed by atoms with Crippen molar-refractivity contribution in [3.05, 3.63) is 39.8 Å². The van der Waals surface area contributed by atoms with Gasteiger partial charge in [-0.05, 0) is 100 Å². The molecule has 0 spiro atoms. The van der Waals surface area contributed by atoms with Crippen LogP contribution in [0.1, 0.15) is 54.9 Å². The van der Waals surface area contributed by atoms with Gasteiger partial charge in [0.25, 0.3) is 10.0 Å². The van der Waals surface area contributed by atoms with Gasteiger partial charge in [0.2, 0.25) is 0 Å². The topological polar surface area (TPSA) is 78.5 Å². The molecule has 4 rings (SSSR count). The number of likely N-dealkylation sites (N-methyl/N-ethyl adjacent to an activating group) is 1. The monoisotopic (exact) mass is 403 g/mol. The summed E-state index contributed by atoms with van der Waals surface area (Å²) < 4.78 is 26.9. The third-order valence-electron chi connectivity index (χ3n) is 6.62. The first-order chi connectivity index (χ1) is 13.3. The Morgan fingerprint density at radius 3 is 2.57 bits per heavy atom. The van der Waals surface area contributed by atoms with Crippen LogP contribution in [0, 0.1) is 0 Å². The molecule has 1 aromatic rings. The minimum atomic E-state index is -3.84. The highest BCUT2D eigenvalue weighted by Crippen LogP contribution is 2.38. The summed E-state index contributed by atoms with van der Waals surface area (Å²) >= 11 is 0. The summed E-state index contributed by atoms with van der Waals surface area (Å²) in [7, 11) is -1.86. The minimum absolute atomic E-state index is 0.286. The number of hydrogen-bond donors (Lipinski definition) is 2. The number of aryl methyl sites for hydroxylation is 1. The lowest BCUT2D eigenvalue weighted by molar-refractivity contribution is 0.251. The molecule has 28 heavy (non-hydrogen) atoms. The Balaban J connectivity index is 1.47. The van der Waals surface area contributed by atoms with Crippen molar-refractivity contribution in [2.24, 2.45) is 0 Å². The van der Waals surface area contributed by atoms with E-state index in [0.717, 1.165) is 69.0 Å². The van der Waals surface area contributed by atoms with E-state index in [2.05, 4.69) is 14.9 Å². The highest BCUT2D eigenvalue weighted by atomic mass is 32.2. The second kappa shape index (κ2) is 7.19. The van der Waals surface area contributed by atoms with Crippen molar-refractivity contribution in [3.8, 4) is 0 Å². The van der Waals surface area contributed by atoms with Crippen LogP contribution in [0.15, 0.2) is 17.6 Å². The van der Waals surface area contributed by atoms with Gasteiger partial charge in [0.05, 0.1) is 0 Å². The molecular weight excluding hydrogens is 374 g/mol. The molecule has 6 nitrogen and oxygen atoms in total. The third-order valence-corrected chi connectivity index (χ3v) is 7.59. The summed E-state index contributed by atoms with van der Waals surface area (Å²) in [5.74, 6) is 0. The van der Waals surface area contributed by atoms with Crippen LogP contribution in [0.3, 0.4) is 0 Å². The molecular formula is C21H29N3O3S. The van der Waals surface area contributed by atoms with E-state index in [4.69, 9.17) is 0 Å². The van der Waals surface area contributed by atoms with Crippen LogP contribution in [0.25, 0.3) is 0 Å². The molecule has 1 atom stereocenters. The van der Waals surface area contributed by atoms with Gasteiger partial charge in [-0.15, -0.1) is 0 Å². The van der Waals surface area contributed by atoms with Crippen molar-refractivity contribution < 1.29 is 13.2 Å². The lowest BCUT2D eigenvalue weighted by atomic mass is 9.98. The molecule has 0 aromatic heterocycles. The molecule has 2 amide bonds. The molecule has 152 valence electrons. The molecule has 1 heterocycles. The summed E-state index contributed by atoms with van der Waals surface area (Å²) in [6, 6.07) is 1.35. The number of hydrogen-bond acceptors (Lipinski definition) is 4. The van der Waals surface area contributed by atoms with Crippen LogP contribution in [0.2, 0.25) is 0 Å². The Bertz CT molecular complexity index is 939. The Hall–Kier alpha value is -1.86. The Labute approximate surface area is 167 Å². The van der Waals surface area contributed by atoms with Crippen molar-refractivity contribution in [2.75, 3.05) is 18.9 Å². The standard InChI is InChI=1S/C21H29N3O3S/c1-21(10-5-12-24(21)2)11-13-28(26,27)23-20(25)22-19-14-15-6-3-7-16(15)17-8-4-9-18(17)19/h11,13-14H,3-10,12H2,1-2H3,(H2,22,23,25)/b13-11+. The van der Waals surface area contributed by atoms with Crippen LogP contribution in [-0.2, 0) is 35.7 Å². The van der Waals surface area contributed by atoms with Gasteiger partial charge in [-0.3, -0.25) is 4.90 Å². The molecule has 1 saturated heterocycles. The van der Waals surface area contributed by atoms with Crippen LogP contribution >= 0.6 is 0 Å². The van der Waals surface area contributed by atoms with Crippen molar-refractivity contribution in [1.29, 1.82) is 0 Å². The van der Waals surface area contributed by atoms with Crippen molar-refractivity contribution in [1.82, 2.24) is 9.62 Å². The zero-order valence-electron chi connectivity index (χ0n) is 16.7. The van der Waals surface area contributed by atoms with Crippen molar-refractivity contribution in [3.63, 3.8) is 0 Å². The van der Waals surface area contributed by atoms with Crippen LogP contribution in [0.5, 0.6) is 0 Å².